The molecule has 1 aliphatic carbocycles. The van der Waals surface area contributed by atoms with Crippen LogP contribution in [0.4, 0.5) is 0 Å². The highest BCUT2D eigenvalue weighted by atomic mass is 32.2. The van der Waals surface area contributed by atoms with Crippen molar-refractivity contribution in [3.63, 3.8) is 0 Å². The molecule has 2 nitrogen and oxygen atoms in total. The minimum absolute atomic E-state index is 0.227. The van der Waals surface area contributed by atoms with Crippen LogP contribution in [-0.2, 0) is 0 Å². The largest absolute Gasteiger partial charge is 0.387 e. The number of fused-ring (bicyclic) bond motifs is 2. The van der Waals surface area contributed by atoms with Crippen molar-refractivity contribution in [2.45, 2.75) is 22.7 Å². The minimum atomic E-state index is -0.380. The van der Waals surface area contributed by atoms with Gasteiger partial charge in [0.2, 0.25) is 0 Å². The van der Waals surface area contributed by atoms with Gasteiger partial charge < -0.3 is 10.2 Å². The first-order chi connectivity index (χ1) is 6.29. The zero-order chi connectivity index (χ0) is 9.00. The topological polar surface area (TPSA) is 40.5 Å². The van der Waals surface area contributed by atoms with E-state index in [4.69, 9.17) is 0 Å². The normalized spacial score (nSPS) is 40.8. The van der Waals surface area contributed by atoms with E-state index in [9.17, 15) is 10.2 Å². The van der Waals surface area contributed by atoms with Gasteiger partial charge in [-0.2, -0.15) is 0 Å². The summed E-state index contributed by atoms with van der Waals surface area (Å²) < 4.78 is 0. The van der Waals surface area contributed by atoms with Gasteiger partial charge in [-0.1, -0.05) is 24.3 Å². The maximum atomic E-state index is 9.86. The maximum absolute atomic E-state index is 9.86. The molecule has 13 heavy (non-hydrogen) atoms. The van der Waals surface area contributed by atoms with E-state index in [1.165, 1.54) is 0 Å². The molecule has 0 radical (unpaired) electrons. The monoisotopic (exact) mass is 194 g/mol. The first kappa shape index (κ1) is 7.85. The van der Waals surface area contributed by atoms with Crippen LogP contribution in [0.25, 0.3) is 0 Å². The van der Waals surface area contributed by atoms with Crippen LogP contribution in [0.1, 0.15) is 23.3 Å². The molecule has 0 bridgehead atoms. The molecule has 68 valence electrons. The molecule has 2 N–H and O–H groups in total. The van der Waals surface area contributed by atoms with Crippen LogP contribution in [0.5, 0.6) is 0 Å². The second kappa shape index (κ2) is 2.50. The van der Waals surface area contributed by atoms with Crippen molar-refractivity contribution in [3.8, 4) is 0 Å². The number of aliphatic hydroxyl groups is 2. The average molecular weight is 194 g/mol. The summed E-state index contributed by atoms with van der Waals surface area (Å²) in [7, 11) is 0. The molecule has 3 heteroatoms. The van der Waals surface area contributed by atoms with E-state index in [0.29, 0.717) is 0 Å². The summed E-state index contributed by atoms with van der Waals surface area (Å²) in [5, 5.41) is 20.2. The van der Waals surface area contributed by atoms with Crippen molar-refractivity contribution in [2.24, 2.45) is 0 Å². The van der Waals surface area contributed by atoms with Crippen LogP contribution in [0.3, 0.4) is 0 Å². The Morgan fingerprint density at radius 2 is 1.38 bits per heavy atom. The molecule has 1 aromatic carbocycles. The summed E-state index contributed by atoms with van der Waals surface area (Å²) in [5.41, 5.74) is 1.81. The quantitative estimate of drug-likeness (QED) is 0.611. The van der Waals surface area contributed by atoms with E-state index < -0.39 is 0 Å². The van der Waals surface area contributed by atoms with Crippen molar-refractivity contribution in [3.05, 3.63) is 35.4 Å². The Hall–Kier alpha value is -0.510. The summed E-state index contributed by atoms with van der Waals surface area (Å²) >= 11 is 1.67. The number of aliphatic hydroxyl groups excluding tert-OH is 2. The van der Waals surface area contributed by atoms with Crippen molar-refractivity contribution in [2.75, 3.05) is 0 Å². The Labute approximate surface area is 80.6 Å². The number of benzene rings is 1. The van der Waals surface area contributed by atoms with E-state index in [2.05, 4.69) is 0 Å². The zero-order valence-corrected chi connectivity index (χ0v) is 7.74. The number of rotatable bonds is 0. The Bertz CT molecular complexity index is 320. The minimum Gasteiger partial charge on any atom is -0.387 e. The fourth-order valence-corrected chi connectivity index (χ4v) is 3.21. The lowest BCUT2D eigenvalue weighted by molar-refractivity contribution is 0.119. The third kappa shape index (κ3) is 0.980. The van der Waals surface area contributed by atoms with E-state index in [1.807, 2.05) is 24.3 Å². The lowest BCUT2D eigenvalue weighted by Gasteiger charge is -2.23. The number of hydrogen-bond acceptors (Lipinski definition) is 3. The van der Waals surface area contributed by atoms with E-state index in [0.717, 1.165) is 11.1 Å². The lowest BCUT2D eigenvalue weighted by atomic mass is 9.87. The molecule has 0 amide bonds. The highest BCUT2D eigenvalue weighted by Gasteiger charge is 2.53. The van der Waals surface area contributed by atoms with Gasteiger partial charge in [0.15, 0.2) is 0 Å². The molecule has 1 heterocycles. The van der Waals surface area contributed by atoms with Crippen LogP contribution in [-0.4, -0.2) is 20.7 Å². The van der Waals surface area contributed by atoms with Crippen LogP contribution >= 0.6 is 11.8 Å². The van der Waals surface area contributed by atoms with Gasteiger partial charge in [0, 0.05) is 0 Å². The molecule has 1 aliphatic heterocycles. The molecule has 1 fully saturated rings. The second-order valence-corrected chi connectivity index (χ2v) is 4.94. The van der Waals surface area contributed by atoms with E-state index in [1.54, 1.807) is 11.8 Å². The fraction of sp³-hybridized carbons (Fsp3) is 0.400. The van der Waals surface area contributed by atoms with Crippen molar-refractivity contribution in [1.29, 1.82) is 0 Å². The predicted octanol–water partition coefficient (Wildman–Crippen LogP) is 1.25. The molecule has 0 spiro atoms. The molecular weight excluding hydrogens is 184 g/mol. The Morgan fingerprint density at radius 3 is 1.85 bits per heavy atom. The number of hydrogen-bond donors (Lipinski definition) is 2. The van der Waals surface area contributed by atoms with Gasteiger partial charge in [-0.15, -0.1) is 11.8 Å². The Balaban J connectivity index is 2.15. The van der Waals surface area contributed by atoms with E-state index in [-0.39, 0.29) is 22.7 Å². The lowest BCUT2D eigenvalue weighted by Crippen LogP contribution is -2.22. The molecule has 0 saturated carbocycles. The number of thioether (sulfide) groups is 1. The van der Waals surface area contributed by atoms with Crippen LogP contribution in [0.2, 0.25) is 0 Å². The van der Waals surface area contributed by atoms with Gasteiger partial charge in [0.1, 0.15) is 0 Å². The van der Waals surface area contributed by atoms with Gasteiger partial charge in [0.25, 0.3) is 0 Å². The molecule has 3 rings (SSSR count). The summed E-state index contributed by atoms with van der Waals surface area (Å²) in [5.74, 6) is 0. The third-order valence-corrected chi connectivity index (χ3v) is 4.23. The van der Waals surface area contributed by atoms with Gasteiger partial charge in [-0.3, -0.25) is 0 Å². The smallest absolute Gasteiger partial charge is 0.0924 e. The van der Waals surface area contributed by atoms with Gasteiger partial charge in [-0.25, -0.2) is 0 Å². The summed E-state index contributed by atoms with van der Waals surface area (Å²) in [6, 6.07) is 7.61. The molecule has 1 saturated heterocycles. The zero-order valence-electron chi connectivity index (χ0n) is 6.92. The average Bonchev–Trinajstić information content (AvgIpc) is 2.94. The SMILES string of the molecule is O[C@@H]1c2ccccc2[C@H](O)C2SC21. The summed E-state index contributed by atoms with van der Waals surface area (Å²) in [6.07, 6.45) is -0.760. The molecule has 1 aromatic rings. The highest BCUT2D eigenvalue weighted by molar-refractivity contribution is 8.07. The molecule has 2 aliphatic rings. The van der Waals surface area contributed by atoms with Gasteiger partial charge in [-0.05, 0) is 11.1 Å². The van der Waals surface area contributed by atoms with Crippen molar-refractivity contribution in [1.82, 2.24) is 0 Å². The molecule has 0 aromatic heterocycles. The first-order valence-corrected chi connectivity index (χ1v) is 5.34. The third-order valence-electron chi connectivity index (χ3n) is 2.82. The molecule has 2 unspecified atom stereocenters. The Morgan fingerprint density at radius 1 is 0.923 bits per heavy atom. The van der Waals surface area contributed by atoms with E-state index >= 15 is 0 Å². The standard InChI is InChI=1S/C10H10O2S/c11-7-5-3-1-2-4-6(5)8(12)10-9(7)13-10/h1-4,7-12H/t7-,8+,9?,10?. The fourth-order valence-electron chi connectivity index (χ4n) is 2.05. The second-order valence-electron chi connectivity index (χ2n) is 3.58. The first-order valence-electron chi connectivity index (χ1n) is 4.39. The van der Waals surface area contributed by atoms with Crippen molar-refractivity contribution >= 4 is 11.8 Å². The van der Waals surface area contributed by atoms with Crippen LogP contribution in [0, 0.1) is 0 Å². The van der Waals surface area contributed by atoms with Gasteiger partial charge in [0.05, 0.1) is 22.7 Å². The highest BCUT2D eigenvalue weighted by Crippen LogP contribution is 2.58. The van der Waals surface area contributed by atoms with Crippen LogP contribution < -0.4 is 0 Å². The van der Waals surface area contributed by atoms with Crippen LogP contribution in [0.15, 0.2) is 24.3 Å². The summed E-state index contributed by atoms with van der Waals surface area (Å²) in [6.45, 7) is 0. The summed E-state index contributed by atoms with van der Waals surface area (Å²) in [4.78, 5) is 0. The van der Waals surface area contributed by atoms with Crippen molar-refractivity contribution < 1.29 is 10.2 Å². The molecular formula is C10H10O2S. The Kier molecular flexibility index (Phi) is 1.51. The predicted molar refractivity (Wildman–Crippen MR) is 51.5 cm³/mol. The molecule has 4 atom stereocenters. The van der Waals surface area contributed by atoms with Gasteiger partial charge >= 0.3 is 0 Å². The maximum Gasteiger partial charge on any atom is 0.0924 e.